The van der Waals surface area contributed by atoms with Crippen LogP contribution in [0.4, 0.5) is 0 Å². The van der Waals surface area contributed by atoms with E-state index in [0.717, 1.165) is 18.8 Å². The molecule has 0 heterocycles. The lowest BCUT2D eigenvalue weighted by Gasteiger charge is -2.11. The SMILES string of the molecule is [CH2]CCCCCCCCCCCCCCCCCCC(C[CH2])CC. The molecule has 0 heteroatoms. The highest BCUT2D eigenvalue weighted by Gasteiger charge is 2.02. The van der Waals surface area contributed by atoms with Crippen LogP contribution in [0.2, 0.25) is 0 Å². The minimum atomic E-state index is 0.888. The fourth-order valence-electron chi connectivity index (χ4n) is 3.64. The Kier molecular flexibility index (Phi) is 21.0. The summed E-state index contributed by atoms with van der Waals surface area (Å²) in [7, 11) is 0. The summed E-state index contributed by atoms with van der Waals surface area (Å²) in [6, 6.07) is 0. The molecule has 0 spiro atoms. The summed E-state index contributed by atoms with van der Waals surface area (Å²) in [5, 5.41) is 0. The summed E-state index contributed by atoms with van der Waals surface area (Å²) in [5.74, 6) is 0.888. The van der Waals surface area contributed by atoms with E-state index in [2.05, 4.69) is 20.8 Å². The Morgan fingerprint density at radius 1 is 0.500 bits per heavy atom. The normalized spacial score (nSPS) is 11.5. The second-order valence-corrected chi connectivity index (χ2v) is 7.86. The summed E-state index contributed by atoms with van der Waals surface area (Å²) >= 11 is 0. The fraction of sp³-hybridized carbons (Fsp3) is 0.917. The minimum Gasteiger partial charge on any atom is -0.0651 e. The molecule has 0 saturated carbocycles. The molecular weight excluding hydrogens is 288 g/mol. The number of unbranched alkanes of at least 4 members (excludes halogenated alkanes) is 16. The van der Waals surface area contributed by atoms with E-state index in [-0.39, 0.29) is 0 Å². The monoisotopic (exact) mass is 336 g/mol. The van der Waals surface area contributed by atoms with Gasteiger partial charge in [-0.15, -0.1) is 0 Å². The predicted molar refractivity (Wildman–Crippen MR) is 112 cm³/mol. The van der Waals surface area contributed by atoms with Crippen LogP contribution in [0.3, 0.4) is 0 Å². The van der Waals surface area contributed by atoms with E-state index < -0.39 is 0 Å². The van der Waals surface area contributed by atoms with E-state index in [0.29, 0.717) is 0 Å². The summed E-state index contributed by atoms with van der Waals surface area (Å²) in [6.07, 6.45) is 28.2. The predicted octanol–water partition coefficient (Wildman–Crippen LogP) is 9.09. The maximum atomic E-state index is 4.05. The molecule has 0 bridgehead atoms. The molecule has 0 amide bonds. The smallest absolute Gasteiger partial charge is 0.0417 e. The molecule has 0 saturated heterocycles. The lowest BCUT2D eigenvalue weighted by molar-refractivity contribution is 0.440. The lowest BCUT2D eigenvalue weighted by atomic mass is 9.95. The lowest BCUT2D eigenvalue weighted by Crippen LogP contribution is -1.96. The third-order valence-corrected chi connectivity index (χ3v) is 5.60. The first kappa shape index (κ1) is 24.0. The van der Waals surface area contributed by atoms with E-state index in [4.69, 9.17) is 0 Å². The zero-order valence-corrected chi connectivity index (χ0v) is 17.1. The van der Waals surface area contributed by atoms with Crippen molar-refractivity contribution in [1.82, 2.24) is 0 Å². The van der Waals surface area contributed by atoms with Crippen molar-refractivity contribution in [3.05, 3.63) is 13.8 Å². The van der Waals surface area contributed by atoms with Crippen molar-refractivity contribution < 1.29 is 0 Å². The molecule has 0 fully saturated rings. The van der Waals surface area contributed by atoms with Gasteiger partial charge in [-0.3, -0.25) is 0 Å². The highest BCUT2D eigenvalue weighted by molar-refractivity contribution is 4.59. The highest BCUT2D eigenvalue weighted by Crippen LogP contribution is 2.18. The molecule has 1 unspecified atom stereocenters. The van der Waals surface area contributed by atoms with Crippen molar-refractivity contribution in [2.24, 2.45) is 5.92 Å². The van der Waals surface area contributed by atoms with E-state index in [1.54, 1.807) is 0 Å². The molecule has 0 aliphatic rings. The molecule has 144 valence electrons. The molecule has 0 aromatic rings. The number of hydrogen-bond acceptors (Lipinski definition) is 0. The fourth-order valence-corrected chi connectivity index (χ4v) is 3.64. The molecule has 24 heavy (non-hydrogen) atoms. The van der Waals surface area contributed by atoms with Gasteiger partial charge in [0.2, 0.25) is 0 Å². The second kappa shape index (κ2) is 21.0. The van der Waals surface area contributed by atoms with Crippen molar-refractivity contribution in [1.29, 1.82) is 0 Å². The molecule has 1 atom stereocenters. The van der Waals surface area contributed by atoms with Crippen molar-refractivity contribution in [2.45, 2.75) is 135 Å². The van der Waals surface area contributed by atoms with Gasteiger partial charge >= 0.3 is 0 Å². The van der Waals surface area contributed by atoms with Gasteiger partial charge in [0.05, 0.1) is 0 Å². The van der Waals surface area contributed by atoms with E-state index in [1.165, 1.54) is 116 Å². The van der Waals surface area contributed by atoms with Crippen LogP contribution in [0.15, 0.2) is 0 Å². The third-order valence-electron chi connectivity index (χ3n) is 5.60. The molecule has 0 aliphatic heterocycles. The topological polar surface area (TPSA) is 0 Å². The van der Waals surface area contributed by atoms with Gasteiger partial charge in [0.25, 0.3) is 0 Å². The van der Waals surface area contributed by atoms with E-state index >= 15 is 0 Å². The highest BCUT2D eigenvalue weighted by atomic mass is 14.1. The molecular formula is C24H48. The molecule has 2 radical (unpaired) electrons. The maximum Gasteiger partial charge on any atom is -0.0417 e. The summed E-state index contributed by atoms with van der Waals surface area (Å²) in [4.78, 5) is 0. The van der Waals surface area contributed by atoms with Crippen LogP contribution in [0.5, 0.6) is 0 Å². The van der Waals surface area contributed by atoms with Crippen molar-refractivity contribution in [3.63, 3.8) is 0 Å². The Morgan fingerprint density at radius 3 is 1.12 bits per heavy atom. The first-order valence-corrected chi connectivity index (χ1v) is 11.4. The molecule has 0 aliphatic carbocycles. The van der Waals surface area contributed by atoms with Gasteiger partial charge in [0, 0.05) is 0 Å². The van der Waals surface area contributed by atoms with E-state index in [9.17, 15) is 0 Å². The zero-order chi connectivity index (χ0) is 17.7. The quantitative estimate of drug-likeness (QED) is 0.194. The van der Waals surface area contributed by atoms with Crippen LogP contribution in [-0.4, -0.2) is 0 Å². The Balaban J connectivity index is 3.03. The molecule has 0 aromatic carbocycles. The first-order chi connectivity index (χ1) is 11.8. The Labute approximate surface area is 155 Å². The standard InChI is InChI=1S/C24H48/c1-4-7-8-9-10-11-12-13-14-15-16-17-18-19-20-21-22-23-24(5-2)6-3/h24H,1-2,4-23H2,3H3. The number of rotatable bonds is 20. The van der Waals surface area contributed by atoms with Gasteiger partial charge in [-0.1, -0.05) is 149 Å². The second-order valence-electron chi connectivity index (χ2n) is 7.86. The summed E-state index contributed by atoms with van der Waals surface area (Å²) < 4.78 is 0. The van der Waals surface area contributed by atoms with Gasteiger partial charge in [0.1, 0.15) is 0 Å². The van der Waals surface area contributed by atoms with Crippen molar-refractivity contribution >= 4 is 0 Å². The minimum absolute atomic E-state index is 0.888. The summed E-state index contributed by atoms with van der Waals surface area (Å²) in [5.41, 5.74) is 0. The van der Waals surface area contributed by atoms with Crippen molar-refractivity contribution in [2.75, 3.05) is 0 Å². The van der Waals surface area contributed by atoms with Crippen LogP contribution >= 0.6 is 0 Å². The third kappa shape index (κ3) is 18.3. The zero-order valence-electron chi connectivity index (χ0n) is 17.1. The van der Waals surface area contributed by atoms with Crippen LogP contribution in [0, 0.1) is 19.8 Å². The van der Waals surface area contributed by atoms with Crippen LogP contribution in [0.25, 0.3) is 0 Å². The van der Waals surface area contributed by atoms with Crippen LogP contribution in [0.1, 0.15) is 135 Å². The Hall–Kier alpha value is 0. The van der Waals surface area contributed by atoms with Gasteiger partial charge in [-0.25, -0.2) is 0 Å². The largest absolute Gasteiger partial charge is 0.0651 e. The number of hydrogen-bond donors (Lipinski definition) is 0. The van der Waals surface area contributed by atoms with Gasteiger partial charge < -0.3 is 0 Å². The van der Waals surface area contributed by atoms with Gasteiger partial charge in [0.15, 0.2) is 0 Å². The molecule has 0 nitrogen and oxygen atoms in total. The first-order valence-electron chi connectivity index (χ1n) is 11.4. The van der Waals surface area contributed by atoms with E-state index in [1.807, 2.05) is 0 Å². The van der Waals surface area contributed by atoms with Gasteiger partial charge in [-0.05, 0) is 5.92 Å². The van der Waals surface area contributed by atoms with Crippen LogP contribution < -0.4 is 0 Å². The Morgan fingerprint density at radius 2 is 0.833 bits per heavy atom. The van der Waals surface area contributed by atoms with Crippen LogP contribution in [-0.2, 0) is 0 Å². The van der Waals surface area contributed by atoms with Gasteiger partial charge in [-0.2, -0.15) is 0 Å². The molecule has 0 N–H and O–H groups in total. The molecule has 0 rings (SSSR count). The van der Waals surface area contributed by atoms with Crippen molar-refractivity contribution in [3.8, 4) is 0 Å². The average molecular weight is 337 g/mol. The molecule has 0 aromatic heterocycles. The Bertz CT molecular complexity index is 204. The average Bonchev–Trinajstić information content (AvgIpc) is 2.61. The maximum absolute atomic E-state index is 4.05. The summed E-state index contributed by atoms with van der Waals surface area (Å²) in [6.45, 7) is 10.3.